The molecule has 0 radical (unpaired) electrons. The maximum Gasteiger partial charge on any atom is 0.233 e. The summed E-state index contributed by atoms with van der Waals surface area (Å²) < 4.78 is 5.77. The van der Waals surface area contributed by atoms with Gasteiger partial charge in [-0.25, -0.2) is 0 Å². The minimum absolute atomic E-state index is 0. The zero-order valence-electron chi connectivity index (χ0n) is 17.3. The average Bonchev–Trinajstić information content (AvgIpc) is 3.40. The molecule has 2 N–H and O–H groups in total. The lowest BCUT2D eigenvalue weighted by Gasteiger charge is -2.18. The summed E-state index contributed by atoms with van der Waals surface area (Å²) in [6.45, 7) is 3.95. The molecule has 4 atom stereocenters. The molecule has 0 aromatic heterocycles. The fourth-order valence-corrected chi connectivity index (χ4v) is 4.74. The highest BCUT2D eigenvalue weighted by molar-refractivity contribution is 14.0. The van der Waals surface area contributed by atoms with Crippen molar-refractivity contribution in [2.45, 2.75) is 13.3 Å². The van der Waals surface area contributed by atoms with Crippen molar-refractivity contribution in [2.24, 2.45) is 28.7 Å². The van der Waals surface area contributed by atoms with Crippen LogP contribution in [-0.2, 0) is 9.59 Å². The Kier molecular flexibility index (Phi) is 7.38. The molecule has 3 aliphatic rings. The number of nitrogens with one attached hydrogen (secondary N) is 2. The number of aliphatic imine (C=N–C) groups is 1. The van der Waals surface area contributed by atoms with Crippen LogP contribution in [0, 0.1) is 30.6 Å². The van der Waals surface area contributed by atoms with Gasteiger partial charge in [0.15, 0.2) is 5.96 Å². The number of hydrogen-bond acceptors (Lipinski definition) is 4. The molecule has 2 amide bonds. The SMILES string of the molecule is CN=C(NCCOc1ccccc1C)NCCN1C(=O)C2C3C=CC(C3)C2C1=O.I. The number of para-hydroxylation sites is 1. The smallest absolute Gasteiger partial charge is 0.233 e. The average molecular weight is 524 g/mol. The zero-order valence-corrected chi connectivity index (χ0v) is 19.7. The van der Waals surface area contributed by atoms with Gasteiger partial charge in [0.05, 0.1) is 18.4 Å². The molecule has 0 spiro atoms. The summed E-state index contributed by atoms with van der Waals surface area (Å²) in [4.78, 5) is 31.0. The van der Waals surface area contributed by atoms with Gasteiger partial charge in [-0.15, -0.1) is 24.0 Å². The second kappa shape index (κ2) is 9.80. The zero-order chi connectivity index (χ0) is 20.4. The number of carbonyl (C=O) groups excluding carboxylic acids is 2. The Bertz CT molecular complexity index is 827. The summed E-state index contributed by atoms with van der Waals surface area (Å²) in [6.07, 6.45) is 5.19. The highest BCUT2D eigenvalue weighted by atomic mass is 127. The molecule has 8 heteroatoms. The van der Waals surface area contributed by atoms with Gasteiger partial charge in [0.1, 0.15) is 12.4 Å². The Hall–Kier alpha value is -2.10. The van der Waals surface area contributed by atoms with Crippen LogP contribution in [0.2, 0.25) is 0 Å². The Labute approximate surface area is 194 Å². The summed E-state index contributed by atoms with van der Waals surface area (Å²) in [6, 6.07) is 7.90. The van der Waals surface area contributed by atoms with Crippen LogP contribution in [0.1, 0.15) is 12.0 Å². The predicted octanol–water partition coefficient (Wildman–Crippen LogP) is 1.96. The van der Waals surface area contributed by atoms with Crippen LogP contribution in [0.4, 0.5) is 0 Å². The molecular formula is C22H29IN4O3. The van der Waals surface area contributed by atoms with Crippen molar-refractivity contribution in [2.75, 3.05) is 33.3 Å². The van der Waals surface area contributed by atoms with Crippen molar-refractivity contribution in [3.63, 3.8) is 0 Å². The highest BCUT2D eigenvalue weighted by Crippen LogP contribution is 2.52. The predicted molar refractivity (Wildman–Crippen MR) is 126 cm³/mol. The molecule has 1 aliphatic heterocycles. The van der Waals surface area contributed by atoms with E-state index in [0.717, 1.165) is 17.7 Å². The second-order valence-electron chi connectivity index (χ2n) is 7.87. The van der Waals surface area contributed by atoms with E-state index in [-0.39, 0.29) is 59.5 Å². The van der Waals surface area contributed by atoms with Gasteiger partial charge in [-0.1, -0.05) is 30.4 Å². The first-order valence-electron chi connectivity index (χ1n) is 10.3. The molecule has 2 fully saturated rings. The largest absolute Gasteiger partial charge is 0.491 e. The fraction of sp³-hybridized carbons (Fsp3) is 0.500. The third-order valence-corrected chi connectivity index (χ3v) is 6.16. The Morgan fingerprint density at radius 1 is 1.10 bits per heavy atom. The molecule has 4 rings (SSSR count). The maximum atomic E-state index is 12.7. The van der Waals surface area contributed by atoms with E-state index in [0.29, 0.717) is 32.2 Å². The number of rotatable bonds is 7. The fourth-order valence-electron chi connectivity index (χ4n) is 4.74. The number of aryl methyl sites for hydroxylation is 1. The van der Waals surface area contributed by atoms with Gasteiger partial charge in [-0.3, -0.25) is 19.5 Å². The minimum Gasteiger partial charge on any atom is -0.491 e. The van der Waals surface area contributed by atoms with E-state index >= 15 is 0 Å². The number of halogens is 1. The molecule has 162 valence electrons. The molecule has 1 heterocycles. The lowest BCUT2D eigenvalue weighted by molar-refractivity contribution is -0.140. The van der Waals surface area contributed by atoms with Crippen molar-refractivity contribution in [3.8, 4) is 5.75 Å². The van der Waals surface area contributed by atoms with E-state index in [1.165, 1.54) is 4.90 Å². The molecule has 1 aromatic rings. The minimum atomic E-state index is -0.131. The van der Waals surface area contributed by atoms with Gasteiger partial charge < -0.3 is 15.4 Å². The molecule has 4 unspecified atom stereocenters. The van der Waals surface area contributed by atoms with E-state index in [2.05, 4.69) is 27.8 Å². The van der Waals surface area contributed by atoms with Gasteiger partial charge in [0.2, 0.25) is 11.8 Å². The van der Waals surface area contributed by atoms with E-state index in [1.807, 2.05) is 31.2 Å². The monoisotopic (exact) mass is 524 g/mol. The van der Waals surface area contributed by atoms with E-state index < -0.39 is 0 Å². The van der Waals surface area contributed by atoms with Crippen molar-refractivity contribution in [3.05, 3.63) is 42.0 Å². The number of carbonyl (C=O) groups is 2. The summed E-state index contributed by atoms with van der Waals surface area (Å²) in [7, 11) is 1.69. The normalized spacial score (nSPS) is 26.6. The van der Waals surface area contributed by atoms with Gasteiger partial charge >= 0.3 is 0 Å². The number of allylic oxidation sites excluding steroid dienone is 2. The number of ether oxygens (including phenoxy) is 1. The summed E-state index contributed by atoms with van der Waals surface area (Å²) in [5.41, 5.74) is 1.10. The first-order chi connectivity index (χ1) is 14.1. The first kappa shape index (κ1) is 22.6. The molecule has 2 bridgehead atoms. The molecule has 7 nitrogen and oxygen atoms in total. The van der Waals surface area contributed by atoms with Crippen molar-refractivity contribution >= 4 is 41.8 Å². The molecule has 1 saturated heterocycles. The molecule has 2 aliphatic carbocycles. The van der Waals surface area contributed by atoms with Gasteiger partial charge in [0.25, 0.3) is 0 Å². The summed E-state index contributed by atoms with van der Waals surface area (Å²) in [5, 5.41) is 6.36. The molecule has 1 saturated carbocycles. The number of guanidine groups is 1. The van der Waals surface area contributed by atoms with Gasteiger partial charge in [-0.2, -0.15) is 0 Å². The number of likely N-dealkylation sites (tertiary alicyclic amines) is 1. The Morgan fingerprint density at radius 3 is 2.37 bits per heavy atom. The van der Waals surface area contributed by atoms with Gasteiger partial charge in [-0.05, 0) is 36.8 Å². The number of hydrogen-bond donors (Lipinski definition) is 2. The maximum absolute atomic E-state index is 12.7. The number of imide groups is 1. The number of amides is 2. The molecular weight excluding hydrogens is 495 g/mol. The number of fused-ring (bicyclic) bond motifs is 5. The van der Waals surface area contributed by atoms with E-state index in [1.54, 1.807) is 7.05 Å². The van der Waals surface area contributed by atoms with E-state index in [4.69, 9.17) is 4.74 Å². The topological polar surface area (TPSA) is 83.0 Å². The van der Waals surface area contributed by atoms with Crippen LogP contribution in [0.15, 0.2) is 41.4 Å². The standard InChI is InChI=1S/C22H28N4O3.HI/c1-14-5-3-4-6-17(14)29-12-10-25-22(23-2)24-9-11-26-20(27)18-15-7-8-16(13-15)19(18)21(26)28;/h3-8,15-16,18-19H,9-13H2,1-2H3,(H2,23,24,25);1H. The third kappa shape index (κ3) is 4.33. The number of nitrogens with zero attached hydrogens (tertiary/aromatic N) is 2. The van der Waals surface area contributed by atoms with Crippen molar-refractivity contribution in [1.82, 2.24) is 15.5 Å². The van der Waals surface area contributed by atoms with Crippen LogP contribution >= 0.6 is 24.0 Å². The van der Waals surface area contributed by atoms with Crippen LogP contribution < -0.4 is 15.4 Å². The summed E-state index contributed by atoms with van der Waals surface area (Å²) in [5.74, 6) is 1.73. The first-order valence-corrected chi connectivity index (χ1v) is 10.3. The van der Waals surface area contributed by atoms with Crippen molar-refractivity contribution in [1.29, 1.82) is 0 Å². The third-order valence-electron chi connectivity index (χ3n) is 6.16. The van der Waals surface area contributed by atoms with Gasteiger partial charge in [0, 0.05) is 20.1 Å². The molecule has 30 heavy (non-hydrogen) atoms. The second-order valence-corrected chi connectivity index (χ2v) is 7.87. The summed E-state index contributed by atoms with van der Waals surface area (Å²) >= 11 is 0. The lowest BCUT2D eigenvalue weighted by Crippen LogP contribution is -2.44. The van der Waals surface area contributed by atoms with Crippen molar-refractivity contribution < 1.29 is 14.3 Å². The van der Waals surface area contributed by atoms with Crippen LogP contribution in [-0.4, -0.2) is 56.0 Å². The highest BCUT2D eigenvalue weighted by Gasteiger charge is 2.58. The quantitative estimate of drug-likeness (QED) is 0.142. The Balaban J connectivity index is 0.00000256. The van der Waals surface area contributed by atoms with Crippen LogP contribution in [0.25, 0.3) is 0 Å². The Morgan fingerprint density at radius 2 is 1.73 bits per heavy atom. The number of benzene rings is 1. The van der Waals surface area contributed by atoms with E-state index in [9.17, 15) is 9.59 Å². The lowest BCUT2D eigenvalue weighted by atomic mass is 9.85. The molecule has 1 aromatic carbocycles. The van der Waals surface area contributed by atoms with Crippen LogP contribution in [0.3, 0.4) is 0 Å². The van der Waals surface area contributed by atoms with Crippen LogP contribution in [0.5, 0.6) is 5.75 Å².